The minimum atomic E-state index is 0.291. The van der Waals surface area contributed by atoms with Crippen LogP contribution in [0.5, 0.6) is 0 Å². The molecule has 1 aromatic rings. The molecule has 0 aromatic carbocycles. The molecule has 1 saturated carbocycles. The lowest BCUT2D eigenvalue weighted by molar-refractivity contribution is 0.256. The molecule has 0 bridgehead atoms. The van der Waals surface area contributed by atoms with E-state index in [4.69, 9.17) is 4.52 Å². The van der Waals surface area contributed by atoms with Crippen LogP contribution in [0.2, 0.25) is 0 Å². The third-order valence-corrected chi connectivity index (χ3v) is 4.92. The topological polar surface area (TPSA) is 78.6 Å². The van der Waals surface area contributed by atoms with Gasteiger partial charge in [0.15, 0.2) is 11.8 Å². The molecule has 7 heteroatoms. The smallest absolute Gasteiger partial charge is 0.228 e. The highest BCUT2D eigenvalue weighted by atomic mass is 16.5. The maximum absolute atomic E-state index is 5.28. The van der Waals surface area contributed by atoms with Gasteiger partial charge in [-0.3, -0.25) is 9.89 Å². The molecule has 140 valence electrons. The summed E-state index contributed by atoms with van der Waals surface area (Å²) in [6, 6.07) is 1.97. The number of guanidine groups is 1. The van der Waals surface area contributed by atoms with Crippen LogP contribution >= 0.6 is 0 Å². The van der Waals surface area contributed by atoms with Crippen molar-refractivity contribution in [3.05, 3.63) is 11.7 Å². The molecular formula is C18H32N6O. The molecule has 2 fully saturated rings. The SMILES string of the molecule is CCNC(=NCCc1nc(C(C)C)no1)NC1CC(C)N(C2CC2)C1. The average Bonchev–Trinajstić information content (AvgIpc) is 3.18. The Kier molecular flexibility index (Phi) is 5.93. The number of nitrogens with one attached hydrogen (secondary N) is 2. The molecule has 2 unspecified atom stereocenters. The van der Waals surface area contributed by atoms with Crippen LogP contribution in [0.3, 0.4) is 0 Å². The van der Waals surface area contributed by atoms with E-state index in [1.54, 1.807) is 0 Å². The molecule has 0 spiro atoms. The van der Waals surface area contributed by atoms with E-state index in [1.807, 2.05) is 0 Å². The van der Waals surface area contributed by atoms with Crippen molar-refractivity contribution in [2.75, 3.05) is 19.6 Å². The normalized spacial score (nSPS) is 24.9. The highest BCUT2D eigenvalue weighted by molar-refractivity contribution is 5.80. The predicted molar refractivity (Wildman–Crippen MR) is 98.8 cm³/mol. The van der Waals surface area contributed by atoms with Gasteiger partial charge >= 0.3 is 0 Å². The van der Waals surface area contributed by atoms with Gasteiger partial charge in [-0.1, -0.05) is 19.0 Å². The summed E-state index contributed by atoms with van der Waals surface area (Å²) in [4.78, 5) is 11.7. The summed E-state index contributed by atoms with van der Waals surface area (Å²) in [6.45, 7) is 11.2. The zero-order valence-electron chi connectivity index (χ0n) is 16.0. The van der Waals surface area contributed by atoms with Crippen molar-refractivity contribution in [3.8, 4) is 0 Å². The first-order valence-electron chi connectivity index (χ1n) is 9.69. The zero-order chi connectivity index (χ0) is 17.8. The molecule has 7 nitrogen and oxygen atoms in total. The zero-order valence-corrected chi connectivity index (χ0v) is 16.0. The first-order valence-corrected chi connectivity index (χ1v) is 9.69. The first-order chi connectivity index (χ1) is 12.1. The van der Waals surface area contributed by atoms with Gasteiger partial charge in [-0.2, -0.15) is 4.98 Å². The summed E-state index contributed by atoms with van der Waals surface area (Å²) >= 11 is 0. The van der Waals surface area contributed by atoms with E-state index >= 15 is 0 Å². The monoisotopic (exact) mass is 348 g/mol. The van der Waals surface area contributed by atoms with E-state index in [1.165, 1.54) is 19.3 Å². The van der Waals surface area contributed by atoms with E-state index in [0.717, 1.165) is 30.9 Å². The summed E-state index contributed by atoms with van der Waals surface area (Å²) < 4.78 is 5.28. The van der Waals surface area contributed by atoms with Crippen molar-refractivity contribution in [2.45, 2.75) is 77.4 Å². The molecule has 2 N–H and O–H groups in total. The van der Waals surface area contributed by atoms with Gasteiger partial charge in [-0.25, -0.2) is 0 Å². The number of likely N-dealkylation sites (tertiary alicyclic amines) is 1. The Hall–Kier alpha value is -1.63. The first kappa shape index (κ1) is 18.2. The van der Waals surface area contributed by atoms with Crippen molar-refractivity contribution >= 4 is 5.96 Å². The largest absolute Gasteiger partial charge is 0.357 e. The average molecular weight is 348 g/mol. The number of hydrogen-bond donors (Lipinski definition) is 2. The molecule has 2 heterocycles. The second-order valence-corrected chi connectivity index (χ2v) is 7.57. The maximum atomic E-state index is 5.28. The lowest BCUT2D eigenvalue weighted by Crippen LogP contribution is -2.44. The van der Waals surface area contributed by atoms with Crippen molar-refractivity contribution in [1.29, 1.82) is 0 Å². The van der Waals surface area contributed by atoms with E-state index in [2.05, 4.69) is 58.4 Å². The lowest BCUT2D eigenvalue weighted by atomic mass is 10.2. The summed E-state index contributed by atoms with van der Waals surface area (Å²) in [7, 11) is 0. The van der Waals surface area contributed by atoms with Gasteiger partial charge in [0.25, 0.3) is 0 Å². The summed E-state index contributed by atoms with van der Waals surface area (Å²) in [6.07, 6.45) is 4.59. The van der Waals surface area contributed by atoms with Gasteiger partial charge in [0.2, 0.25) is 5.89 Å². The highest BCUT2D eigenvalue weighted by Gasteiger charge is 2.38. The van der Waals surface area contributed by atoms with Crippen molar-refractivity contribution in [2.24, 2.45) is 4.99 Å². The van der Waals surface area contributed by atoms with Crippen LogP contribution in [0.25, 0.3) is 0 Å². The van der Waals surface area contributed by atoms with Gasteiger partial charge < -0.3 is 15.2 Å². The van der Waals surface area contributed by atoms with Crippen LogP contribution in [0.4, 0.5) is 0 Å². The van der Waals surface area contributed by atoms with E-state index in [0.29, 0.717) is 36.9 Å². The third-order valence-electron chi connectivity index (χ3n) is 4.92. The Morgan fingerprint density at radius 1 is 1.40 bits per heavy atom. The third kappa shape index (κ3) is 4.93. The van der Waals surface area contributed by atoms with Crippen LogP contribution in [-0.4, -0.2) is 58.8 Å². The van der Waals surface area contributed by atoms with E-state index in [-0.39, 0.29) is 0 Å². The molecule has 2 atom stereocenters. The Balaban J connectivity index is 1.50. The van der Waals surface area contributed by atoms with Crippen LogP contribution in [0, 0.1) is 0 Å². The Bertz CT molecular complexity index is 580. The molecule has 1 aliphatic heterocycles. The number of hydrogen-bond acceptors (Lipinski definition) is 5. The lowest BCUT2D eigenvalue weighted by Gasteiger charge is -2.20. The van der Waals surface area contributed by atoms with Crippen LogP contribution in [0.15, 0.2) is 9.52 Å². The number of aliphatic imine (C=N–C) groups is 1. The molecular weight excluding hydrogens is 316 g/mol. The molecule has 1 saturated heterocycles. The molecule has 1 aliphatic carbocycles. The molecule has 1 aromatic heterocycles. The fraction of sp³-hybridized carbons (Fsp3) is 0.833. The second-order valence-electron chi connectivity index (χ2n) is 7.57. The van der Waals surface area contributed by atoms with Crippen LogP contribution in [-0.2, 0) is 6.42 Å². The minimum absolute atomic E-state index is 0.291. The fourth-order valence-corrected chi connectivity index (χ4v) is 3.46. The molecule has 3 rings (SSSR count). The van der Waals surface area contributed by atoms with Crippen LogP contribution in [0.1, 0.15) is 64.6 Å². The van der Waals surface area contributed by atoms with E-state index in [9.17, 15) is 0 Å². The summed E-state index contributed by atoms with van der Waals surface area (Å²) in [5.74, 6) is 2.61. The van der Waals surface area contributed by atoms with Gasteiger partial charge in [-0.05, 0) is 33.1 Å². The predicted octanol–water partition coefficient (Wildman–Crippen LogP) is 1.92. The highest BCUT2D eigenvalue weighted by Crippen LogP contribution is 2.33. The standard InChI is InChI=1S/C18H32N6O/c1-5-19-18(20-9-8-16-22-17(12(2)3)23-25-16)21-14-10-13(4)24(11-14)15-6-7-15/h12-15H,5-11H2,1-4H3,(H2,19,20,21). The van der Waals surface area contributed by atoms with Gasteiger partial charge in [0, 0.05) is 43.6 Å². The summed E-state index contributed by atoms with van der Waals surface area (Å²) in [5.41, 5.74) is 0. The molecule has 2 aliphatic rings. The fourth-order valence-electron chi connectivity index (χ4n) is 3.46. The van der Waals surface area contributed by atoms with Crippen molar-refractivity contribution in [1.82, 2.24) is 25.7 Å². The summed E-state index contributed by atoms with van der Waals surface area (Å²) in [5, 5.41) is 10.9. The van der Waals surface area contributed by atoms with Gasteiger partial charge in [0.05, 0.1) is 6.54 Å². The Morgan fingerprint density at radius 3 is 2.84 bits per heavy atom. The van der Waals surface area contributed by atoms with Gasteiger partial charge in [0.1, 0.15) is 0 Å². The number of aromatic nitrogens is 2. The quantitative estimate of drug-likeness (QED) is 0.579. The van der Waals surface area contributed by atoms with Crippen molar-refractivity contribution < 1.29 is 4.52 Å². The number of nitrogens with zero attached hydrogens (tertiary/aromatic N) is 4. The van der Waals surface area contributed by atoms with E-state index < -0.39 is 0 Å². The number of rotatable bonds is 7. The second kappa shape index (κ2) is 8.17. The van der Waals surface area contributed by atoms with Gasteiger partial charge in [-0.15, -0.1) is 0 Å². The molecule has 25 heavy (non-hydrogen) atoms. The Morgan fingerprint density at radius 2 is 2.20 bits per heavy atom. The van der Waals surface area contributed by atoms with Crippen molar-refractivity contribution in [3.63, 3.8) is 0 Å². The minimum Gasteiger partial charge on any atom is -0.357 e. The maximum Gasteiger partial charge on any atom is 0.228 e. The van der Waals surface area contributed by atoms with Crippen LogP contribution < -0.4 is 10.6 Å². The molecule has 0 amide bonds. The molecule has 0 radical (unpaired) electrons. The Labute approximate surface area is 150 Å².